The monoisotopic (exact) mass is 350 g/mol. The number of nitrogens with one attached hydrogen (secondary N) is 1. The Hall–Kier alpha value is -1.40. The van der Waals surface area contributed by atoms with Gasteiger partial charge in [0.15, 0.2) is 0 Å². The lowest BCUT2D eigenvalue weighted by Gasteiger charge is -2.17. The number of hydrogen-bond acceptors (Lipinski definition) is 4. The molecular weight excluding hydrogens is 320 g/mol. The molecular formula is C18H30N4OS. The van der Waals surface area contributed by atoms with Crippen LogP contribution in [0.5, 0.6) is 0 Å². The molecule has 1 N–H and O–H groups in total. The lowest BCUT2D eigenvalue weighted by atomic mass is 10.2. The number of thiophene rings is 1. The predicted octanol–water partition coefficient (Wildman–Crippen LogP) is 3.52. The minimum Gasteiger partial charge on any atom is -0.351 e. The third kappa shape index (κ3) is 4.57. The number of aryl methyl sites for hydroxylation is 1. The Bertz CT molecular complexity index is 670. The van der Waals surface area contributed by atoms with Crippen LogP contribution in [0, 0.1) is 12.8 Å². The van der Waals surface area contributed by atoms with Crippen LogP contribution in [0.15, 0.2) is 6.07 Å². The second-order valence-electron chi connectivity index (χ2n) is 6.63. The molecule has 0 aliphatic carbocycles. The standard InChI is InChI=1S/C18H30N4OS/c1-6-21(7-2)10-8-9-19-17(23)16-11-15-14(5)20-22(12-13(3)4)18(15)24-16/h11,13H,6-10,12H2,1-5H3,(H,19,23). The van der Waals surface area contributed by atoms with Crippen LogP contribution in [0.25, 0.3) is 10.2 Å². The van der Waals surface area contributed by atoms with E-state index in [4.69, 9.17) is 0 Å². The van der Waals surface area contributed by atoms with Gasteiger partial charge in [-0.25, -0.2) is 0 Å². The predicted molar refractivity (Wildman–Crippen MR) is 102 cm³/mol. The van der Waals surface area contributed by atoms with Gasteiger partial charge in [0.05, 0.1) is 10.6 Å². The van der Waals surface area contributed by atoms with Crippen LogP contribution < -0.4 is 5.32 Å². The van der Waals surface area contributed by atoms with Crippen LogP contribution in [-0.2, 0) is 6.54 Å². The summed E-state index contributed by atoms with van der Waals surface area (Å²) in [7, 11) is 0. The van der Waals surface area contributed by atoms with Crippen LogP contribution >= 0.6 is 11.3 Å². The van der Waals surface area contributed by atoms with Crippen molar-refractivity contribution >= 4 is 27.5 Å². The topological polar surface area (TPSA) is 50.2 Å². The molecule has 134 valence electrons. The first-order valence-electron chi connectivity index (χ1n) is 8.93. The van der Waals surface area contributed by atoms with Gasteiger partial charge in [-0.1, -0.05) is 27.7 Å². The van der Waals surface area contributed by atoms with E-state index in [1.54, 1.807) is 11.3 Å². The molecule has 0 aliphatic heterocycles. The molecule has 2 rings (SSSR count). The quantitative estimate of drug-likeness (QED) is 0.704. The van der Waals surface area contributed by atoms with Gasteiger partial charge < -0.3 is 10.2 Å². The first-order chi connectivity index (χ1) is 11.5. The summed E-state index contributed by atoms with van der Waals surface area (Å²) in [5.41, 5.74) is 1.00. The number of carbonyl (C=O) groups is 1. The van der Waals surface area contributed by atoms with Crippen molar-refractivity contribution in [2.24, 2.45) is 5.92 Å². The number of aromatic nitrogens is 2. The Balaban J connectivity index is 1.97. The lowest BCUT2D eigenvalue weighted by molar-refractivity contribution is 0.0956. The van der Waals surface area contributed by atoms with Gasteiger partial charge in [0.1, 0.15) is 4.83 Å². The van der Waals surface area contributed by atoms with Gasteiger partial charge in [0, 0.05) is 18.5 Å². The molecule has 0 saturated heterocycles. The molecule has 0 aromatic carbocycles. The highest BCUT2D eigenvalue weighted by molar-refractivity contribution is 7.20. The first kappa shape index (κ1) is 18.9. The van der Waals surface area contributed by atoms with Crippen LogP contribution in [0.2, 0.25) is 0 Å². The molecule has 5 nitrogen and oxygen atoms in total. The molecule has 0 spiro atoms. The largest absolute Gasteiger partial charge is 0.351 e. The van der Waals surface area contributed by atoms with Crippen molar-refractivity contribution in [3.63, 3.8) is 0 Å². The van der Waals surface area contributed by atoms with Crippen molar-refractivity contribution < 1.29 is 4.79 Å². The highest BCUT2D eigenvalue weighted by atomic mass is 32.1. The number of nitrogens with zero attached hydrogens (tertiary/aromatic N) is 3. The van der Waals surface area contributed by atoms with E-state index in [1.807, 2.05) is 17.7 Å². The van der Waals surface area contributed by atoms with Crippen LogP contribution in [-0.4, -0.2) is 46.8 Å². The van der Waals surface area contributed by atoms with Crippen LogP contribution in [0.4, 0.5) is 0 Å². The molecule has 2 aromatic rings. The van der Waals surface area contributed by atoms with Gasteiger partial charge in [0.25, 0.3) is 5.91 Å². The smallest absolute Gasteiger partial charge is 0.261 e. The number of rotatable bonds is 9. The zero-order chi connectivity index (χ0) is 17.7. The molecule has 0 radical (unpaired) electrons. The average Bonchev–Trinajstić information content (AvgIpc) is 3.09. The third-order valence-electron chi connectivity index (χ3n) is 4.20. The Labute approximate surface area is 149 Å². The van der Waals surface area contributed by atoms with Gasteiger partial charge in [-0.15, -0.1) is 11.3 Å². The minimum absolute atomic E-state index is 0.0336. The second kappa shape index (κ2) is 8.62. The van der Waals surface area contributed by atoms with Crippen molar-refractivity contribution in [1.82, 2.24) is 20.0 Å². The summed E-state index contributed by atoms with van der Waals surface area (Å²) < 4.78 is 2.04. The molecule has 6 heteroatoms. The van der Waals surface area contributed by atoms with E-state index in [9.17, 15) is 4.79 Å². The average molecular weight is 351 g/mol. The molecule has 0 fully saturated rings. The SMILES string of the molecule is CCN(CC)CCCNC(=O)c1cc2c(C)nn(CC(C)C)c2s1. The summed E-state index contributed by atoms with van der Waals surface area (Å²) in [5.74, 6) is 0.568. The lowest BCUT2D eigenvalue weighted by Crippen LogP contribution is -2.29. The summed E-state index contributed by atoms with van der Waals surface area (Å²) in [4.78, 5) is 16.7. The molecule has 1 amide bonds. The van der Waals surface area contributed by atoms with Gasteiger partial charge in [-0.2, -0.15) is 5.10 Å². The van der Waals surface area contributed by atoms with Gasteiger partial charge >= 0.3 is 0 Å². The maximum Gasteiger partial charge on any atom is 0.261 e. The van der Waals surface area contributed by atoms with E-state index in [-0.39, 0.29) is 5.91 Å². The fourth-order valence-electron chi connectivity index (χ4n) is 2.83. The van der Waals surface area contributed by atoms with Crippen molar-refractivity contribution in [2.45, 2.75) is 47.6 Å². The summed E-state index contributed by atoms with van der Waals surface area (Å²) in [6.07, 6.45) is 0.985. The third-order valence-corrected chi connectivity index (χ3v) is 5.35. The molecule has 0 atom stereocenters. The van der Waals surface area contributed by atoms with E-state index >= 15 is 0 Å². The Kier molecular flexibility index (Phi) is 6.80. The number of hydrogen-bond donors (Lipinski definition) is 1. The van der Waals surface area contributed by atoms with Crippen molar-refractivity contribution in [3.8, 4) is 0 Å². The van der Waals surface area contributed by atoms with Crippen LogP contribution in [0.1, 0.15) is 49.5 Å². The summed E-state index contributed by atoms with van der Waals surface area (Å²) in [5, 5.41) is 8.75. The molecule has 0 saturated carbocycles. The molecule has 2 aromatic heterocycles. The van der Waals surface area contributed by atoms with Gasteiger partial charge in [-0.3, -0.25) is 9.48 Å². The summed E-state index contributed by atoms with van der Waals surface area (Å²) in [6, 6.07) is 1.99. The normalized spacial score (nSPS) is 11.8. The Morgan fingerprint density at radius 1 is 1.38 bits per heavy atom. The molecule has 0 bridgehead atoms. The summed E-state index contributed by atoms with van der Waals surface area (Å²) in [6.45, 7) is 15.5. The van der Waals surface area contributed by atoms with E-state index in [0.29, 0.717) is 5.92 Å². The number of amides is 1. The highest BCUT2D eigenvalue weighted by Crippen LogP contribution is 2.28. The van der Waals surface area contributed by atoms with E-state index in [0.717, 1.165) is 59.9 Å². The zero-order valence-corrected chi connectivity index (χ0v) is 16.4. The van der Waals surface area contributed by atoms with E-state index in [2.05, 4.69) is 43.0 Å². The zero-order valence-electron chi connectivity index (χ0n) is 15.6. The second-order valence-corrected chi connectivity index (χ2v) is 7.66. The Morgan fingerprint density at radius 2 is 2.08 bits per heavy atom. The highest BCUT2D eigenvalue weighted by Gasteiger charge is 2.16. The van der Waals surface area contributed by atoms with E-state index in [1.165, 1.54) is 0 Å². The Morgan fingerprint density at radius 3 is 2.71 bits per heavy atom. The fourth-order valence-corrected chi connectivity index (χ4v) is 3.91. The van der Waals surface area contributed by atoms with Crippen molar-refractivity contribution in [2.75, 3.05) is 26.2 Å². The fraction of sp³-hybridized carbons (Fsp3) is 0.667. The van der Waals surface area contributed by atoms with E-state index < -0.39 is 0 Å². The maximum absolute atomic E-state index is 12.4. The molecule has 2 heterocycles. The van der Waals surface area contributed by atoms with Crippen LogP contribution in [0.3, 0.4) is 0 Å². The minimum atomic E-state index is 0.0336. The number of fused-ring (bicyclic) bond motifs is 1. The molecule has 0 unspecified atom stereocenters. The summed E-state index contributed by atoms with van der Waals surface area (Å²) >= 11 is 1.55. The van der Waals surface area contributed by atoms with Crippen molar-refractivity contribution in [3.05, 3.63) is 16.6 Å². The number of carbonyl (C=O) groups excluding carboxylic acids is 1. The van der Waals surface area contributed by atoms with Gasteiger partial charge in [0.2, 0.25) is 0 Å². The van der Waals surface area contributed by atoms with Gasteiger partial charge in [-0.05, 0) is 45.0 Å². The first-order valence-corrected chi connectivity index (χ1v) is 9.75. The maximum atomic E-state index is 12.4. The van der Waals surface area contributed by atoms with Crippen molar-refractivity contribution in [1.29, 1.82) is 0 Å². The molecule has 24 heavy (non-hydrogen) atoms. The molecule has 0 aliphatic rings.